The lowest BCUT2D eigenvalue weighted by atomic mass is 9.70. The number of allylic oxidation sites excluding steroid dienone is 1. The Morgan fingerprint density at radius 1 is 1.56 bits per heavy atom. The maximum absolute atomic E-state index is 9.43. The fourth-order valence-corrected chi connectivity index (χ4v) is 1.95. The smallest absolute Gasteiger partial charge is 0.0634 e. The molecule has 0 amide bonds. The van der Waals surface area contributed by atoms with Gasteiger partial charge >= 0.3 is 0 Å². The Morgan fingerprint density at radius 2 is 2.33 bits per heavy atom. The summed E-state index contributed by atoms with van der Waals surface area (Å²) in [5, 5.41) is 9.43. The molecule has 1 heteroatoms. The molecule has 0 bridgehead atoms. The van der Waals surface area contributed by atoms with Gasteiger partial charge in [0.25, 0.3) is 0 Å². The highest BCUT2D eigenvalue weighted by molar-refractivity contribution is 5.22. The van der Waals surface area contributed by atoms with Crippen LogP contribution in [0, 0.1) is 11.3 Å². The zero-order chi connectivity index (χ0) is 6.48. The minimum atomic E-state index is -0.0625. The summed E-state index contributed by atoms with van der Waals surface area (Å²) in [5.74, 6) is 0.687. The fourth-order valence-electron chi connectivity index (χ4n) is 1.95. The maximum atomic E-state index is 9.43. The summed E-state index contributed by atoms with van der Waals surface area (Å²) in [7, 11) is 0. The van der Waals surface area contributed by atoms with Crippen LogP contribution in [0.3, 0.4) is 0 Å². The summed E-state index contributed by atoms with van der Waals surface area (Å²) in [6.07, 6.45) is 6.49. The predicted molar refractivity (Wildman–Crippen MR) is 36.0 cm³/mol. The van der Waals surface area contributed by atoms with Crippen molar-refractivity contribution in [1.29, 1.82) is 0 Å². The van der Waals surface area contributed by atoms with E-state index in [1.807, 2.05) is 0 Å². The van der Waals surface area contributed by atoms with E-state index in [1.165, 1.54) is 6.42 Å². The van der Waals surface area contributed by atoms with Crippen molar-refractivity contribution in [2.45, 2.75) is 25.9 Å². The summed E-state index contributed by atoms with van der Waals surface area (Å²) in [6, 6.07) is 0. The largest absolute Gasteiger partial charge is 0.392 e. The minimum Gasteiger partial charge on any atom is -0.392 e. The highest BCUT2D eigenvalue weighted by atomic mass is 16.3. The van der Waals surface area contributed by atoms with Crippen LogP contribution in [0.25, 0.3) is 0 Å². The second kappa shape index (κ2) is 1.40. The van der Waals surface area contributed by atoms with Gasteiger partial charge in [-0.2, -0.15) is 0 Å². The number of aliphatic hydroxyl groups is 1. The lowest BCUT2D eigenvalue weighted by Gasteiger charge is -2.36. The Labute approximate surface area is 55.4 Å². The summed E-state index contributed by atoms with van der Waals surface area (Å²) < 4.78 is 0. The number of fused-ring (bicyclic) bond motifs is 1. The van der Waals surface area contributed by atoms with Gasteiger partial charge in [-0.05, 0) is 18.8 Å². The van der Waals surface area contributed by atoms with Crippen LogP contribution in [0.15, 0.2) is 12.2 Å². The van der Waals surface area contributed by atoms with E-state index in [9.17, 15) is 5.11 Å². The van der Waals surface area contributed by atoms with Crippen LogP contribution in [-0.4, -0.2) is 11.2 Å². The van der Waals surface area contributed by atoms with Gasteiger partial charge in [-0.25, -0.2) is 0 Å². The first kappa shape index (κ1) is 5.48. The molecule has 0 aromatic rings. The molecule has 50 valence electrons. The molecule has 0 spiro atoms. The van der Waals surface area contributed by atoms with Crippen LogP contribution >= 0.6 is 0 Å². The van der Waals surface area contributed by atoms with Crippen LogP contribution in [0.4, 0.5) is 0 Å². The highest BCUT2D eigenvalue weighted by Crippen LogP contribution is 2.51. The summed E-state index contributed by atoms with van der Waals surface area (Å²) in [5.41, 5.74) is 0.167. The first-order chi connectivity index (χ1) is 4.23. The molecule has 0 aliphatic heterocycles. The molecule has 0 saturated heterocycles. The molecule has 0 aromatic carbocycles. The van der Waals surface area contributed by atoms with E-state index in [0.717, 1.165) is 6.42 Å². The van der Waals surface area contributed by atoms with Crippen LogP contribution in [-0.2, 0) is 0 Å². The molecule has 1 saturated carbocycles. The quantitative estimate of drug-likeness (QED) is 0.483. The van der Waals surface area contributed by atoms with Gasteiger partial charge in [0, 0.05) is 5.41 Å². The van der Waals surface area contributed by atoms with Gasteiger partial charge in [-0.15, -0.1) is 0 Å². The Bertz CT molecular complexity index is 162. The van der Waals surface area contributed by atoms with Gasteiger partial charge in [0.2, 0.25) is 0 Å². The molecular weight excluding hydrogens is 112 g/mol. The molecule has 9 heavy (non-hydrogen) atoms. The van der Waals surface area contributed by atoms with Crippen molar-refractivity contribution in [1.82, 2.24) is 0 Å². The van der Waals surface area contributed by atoms with Gasteiger partial charge < -0.3 is 5.11 Å². The molecular formula is C8H12O. The maximum Gasteiger partial charge on any atom is 0.0634 e. The van der Waals surface area contributed by atoms with E-state index < -0.39 is 0 Å². The van der Waals surface area contributed by atoms with E-state index in [0.29, 0.717) is 5.92 Å². The molecule has 2 aliphatic carbocycles. The lowest BCUT2D eigenvalue weighted by molar-refractivity contribution is 0.0738. The van der Waals surface area contributed by atoms with Gasteiger partial charge in [0.1, 0.15) is 0 Å². The van der Waals surface area contributed by atoms with Crippen molar-refractivity contribution in [3.63, 3.8) is 0 Å². The van der Waals surface area contributed by atoms with Crippen molar-refractivity contribution in [3.8, 4) is 0 Å². The fraction of sp³-hybridized carbons (Fsp3) is 0.750. The summed E-state index contributed by atoms with van der Waals surface area (Å²) in [4.78, 5) is 0. The van der Waals surface area contributed by atoms with Crippen LogP contribution in [0.5, 0.6) is 0 Å². The topological polar surface area (TPSA) is 20.2 Å². The number of hydrogen-bond acceptors (Lipinski definition) is 1. The summed E-state index contributed by atoms with van der Waals surface area (Å²) >= 11 is 0. The third-order valence-corrected chi connectivity index (χ3v) is 2.96. The van der Waals surface area contributed by atoms with Crippen molar-refractivity contribution in [3.05, 3.63) is 12.2 Å². The third-order valence-electron chi connectivity index (χ3n) is 2.96. The average Bonchev–Trinajstić information content (AvgIpc) is 1.96. The summed E-state index contributed by atoms with van der Waals surface area (Å²) in [6.45, 7) is 2.15. The van der Waals surface area contributed by atoms with E-state index >= 15 is 0 Å². The van der Waals surface area contributed by atoms with Crippen molar-refractivity contribution >= 4 is 0 Å². The first-order valence-corrected chi connectivity index (χ1v) is 3.61. The molecule has 3 unspecified atom stereocenters. The number of aliphatic hydroxyl groups excluding tert-OH is 1. The molecule has 0 aromatic heterocycles. The average molecular weight is 124 g/mol. The van der Waals surface area contributed by atoms with Gasteiger partial charge in [-0.1, -0.05) is 19.1 Å². The van der Waals surface area contributed by atoms with E-state index in [-0.39, 0.29) is 11.5 Å². The van der Waals surface area contributed by atoms with Crippen molar-refractivity contribution < 1.29 is 5.11 Å². The monoisotopic (exact) mass is 124 g/mol. The van der Waals surface area contributed by atoms with E-state index in [4.69, 9.17) is 0 Å². The Kier molecular flexibility index (Phi) is 0.854. The predicted octanol–water partition coefficient (Wildman–Crippen LogP) is 1.33. The Hall–Kier alpha value is -0.300. The van der Waals surface area contributed by atoms with Crippen molar-refractivity contribution in [2.75, 3.05) is 0 Å². The van der Waals surface area contributed by atoms with Crippen LogP contribution in [0.1, 0.15) is 19.8 Å². The lowest BCUT2D eigenvalue weighted by Crippen LogP contribution is -2.34. The Morgan fingerprint density at radius 3 is 2.56 bits per heavy atom. The van der Waals surface area contributed by atoms with Crippen molar-refractivity contribution in [2.24, 2.45) is 11.3 Å². The van der Waals surface area contributed by atoms with Gasteiger partial charge in [-0.3, -0.25) is 0 Å². The minimum absolute atomic E-state index is 0.0625. The van der Waals surface area contributed by atoms with Gasteiger partial charge in [0.05, 0.1) is 6.10 Å². The molecule has 1 N–H and O–H groups in total. The Balaban J connectivity index is 2.29. The van der Waals surface area contributed by atoms with Gasteiger partial charge in [0.15, 0.2) is 0 Å². The molecule has 0 heterocycles. The second-order valence-electron chi connectivity index (χ2n) is 3.42. The first-order valence-electron chi connectivity index (χ1n) is 3.61. The molecule has 2 aliphatic rings. The molecule has 2 rings (SSSR count). The van der Waals surface area contributed by atoms with Crippen LogP contribution < -0.4 is 0 Å². The third kappa shape index (κ3) is 0.485. The molecule has 1 nitrogen and oxygen atoms in total. The molecule has 0 radical (unpaired) electrons. The second-order valence-corrected chi connectivity index (χ2v) is 3.42. The molecule has 3 atom stereocenters. The highest BCUT2D eigenvalue weighted by Gasteiger charge is 2.47. The number of rotatable bonds is 0. The van der Waals surface area contributed by atoms with E-state index in [2.05, 4.69) is 19.1 Å². The SMILES string of the molecule is CC12C=CC1CCC2O. The molecule has 1 fully saturated rings. The van der Waals surface area contributed by atoms with Crippen LogP contribution in [0.2, 0.25) is 0 Å². The normalized spacial score (nSPS) is 54.9. The zero-order valence-electron chi connectivity index (χ0n) is 5.67. The number of hydrogen-bond donors (Lipinski definition) is 1. The standard InChI is InChI=1S/C8H12O/c1-8-5-4-6(8)2-3-7(8)9/h4-7,9H,2-3H2,1H3. The zero-order valence-corrected chi connectivity index (χ0v) is 5.67. The van der Waals surface area contributed by atoms with E-state index in [1.54, 1.807) is 0 Å².